The molecule has 0 saturated heterocycles. The van der Waals surface area contributed by atoms with E-state index in [-0.39, 0.29) is 17.0 Å². The Balaban J connectivity index is 0.00000420. The highest BCUT2D eigenvalue weighted by molar-refractivity contribution is 8.93. The number of hydrogen-bond acceptors (Lipinski definition) is 5. The normalized spacial score (nSPS) is 10.9. The Labute approximate surface area is 250 Å². The van der Waals surface area contributed by atoms with E-state index < -0.39 is 0 Å². The van der Waals surface area contributed by atoms with E-state index in [1.165, 1.54) is 5.56 Å². The van der Waals surface area contributed by atoms with Crippen molar-refractivity contribution in [3.05, 3.63) is 119 Å². The number of rotatable bonds is 10. The molecular formula is C31H32BrClN2O3S. The second-order valence-corrected chi connectivity index (χ2v) is 9.92. The number of benzene rings is 4. The van der Waals surface area contributed by atoms with Crippen LogP contribution >= 0.6 is 40.3 Å². The minimum atomic E-state index is 0. The lowest BCUT2D eigenvalue weighted by molar-refractivity contribution is 0.404. The van der Waals surface area contributed by atoms with Crippen LogP contribution in [0.15, 0.2) is 102 Å². The molecule has 0 spiro atoms. The van der Waals surface area contributed by atoms with Gasteiger partial charge in [0.1, 0.15) is 22.9 Å². The van der Waals surface area contributed by atoms with Crippen LogP contribution in [0.25, 0.3) is 0 Å². The van der Waals surface area contributed by atoms with Crippen LogP contribution in [0.5, 0.6) is 17.2 Å². The van der Waals surface area contributed by atoms with Crippen LogP contribution in [0.3, 0.4) is 0 Å². The first kappa shape index (κ1) is 30.4. The summed E-state index contributed by atoms with van der Waals surface area (Å²) in [6.07, 6.45) is 0. The van der Waals surface area contributed by atoms with Crippen molar-refractivity contribution in [3.63, 3.8) is 0 Å². The van der Waals surface area contributed by atoms with E-state index in [2.05, 4.69) is 53.4 Å². The number of hydrogen-bond donors (Lipinski definition) is 0. The second-order valence-electron chi connectivity index (χ2n) is 8.54. The molecule has 0 aliphatic heterocycles. The van der Waals surface area contributed by atoms with Gasteiger partial charge in [-0.25, -0.2) is 4.99 Å². The molecule has 0 fully saturated rings. The largest absolute Gasteiger partial charge is 0.497 e. The molecule has 0 bridgehead atoms. The SMILES string of the molecule is Br.COc1ccc(CN(Cc2ccc(OC)cc2)C(=Nc2cc(Cl)ccc2OC)SCc2ccccc2)cc1. The van der Waals surface area contributed by atoms with Gasteiger partial charge >= 0.3 is 0 Å². The predicted molar refractivity (Wildman–Crippen MR) is 168 cm³/mol. The molecule has 0 amide bonds. The summed E-state index contributed by atoms with van der Waals surface area (Å²) in [7, 11) is 4.99. The third-order valence-electron chi connectivity index (χ3n) is 5.90. The summed E-state index contributed by atoms with van der Waals surface area (Å²) in [4.78, 5) is 7.39. The molecule has 0 unspecified atom stereocenters. The Kier molecular flexibility index (Phi) is 12.1. The highest BCUT2D eigenvalue weighted by Gasteiger charge is 2.17. The van der Waals surface area contributed by atoms with Crippen LogP contribution in [0.1, 0.15) is 16.7 Å². The number of nitrogens with zero attached hydrogens (tertiary/aromatic N) is 2. The molecule has 0 atom stereocenters. The molecule has 0 aromatic heterocycles. The number of thioether (sulfide) groups is 1. The molecule has 0 radical (unpaired) electrons. The fraction of sp³-hybridized carbons (Fsp3) is 0.194. The van der Waals surface area contributed by atoms with E-state index in [1.807, 2.05) is 48.5 Å². The van der Waals surface area contributed by atoms with Crippen molar-refractivity contribution in [3.8, 4) is 17.2 Å². The van der Waals surface area contributed by atoms with Crippen LogP contribution < -0.4 is 14.2 Å². The summed E-state index contributed by atoms with van der Waals surface area (Å²) in [5.41, 5.74) is 4.19. The maximum Gasteiger partial charge on any atom is 0.165 e. The fourth-order valence-electron chi connectivity index (χ4n) is 3.86. The van der Waals surface area contributed by atoms with E-state index in [0.29, 0.717) is 29.5 Å². The van der Waals surface area contributed by atoms with Crippen LogP contribution in [0.2, 0.25) is 5.02 Å². The molecule has 8 heteroatoms. The quantitative estimate of drug-likeness (QED) is 0.130. The van der Waals surface area contributed by atoms with Crippen LogP contribution in [-0.2, 0) is 18.8 Å². The maximum atomic E-state index is 6.36. The molecule has 4 aromatic rings. The number of amidine groups is 1. The highest BCUT2D eigenvalue weighted by atomic mass is 79.9. The zero-order valence-corrected chi connectivity index (χ0v) is 25.5. The van der Waals surface area contributed by atoms with Gasteiger partial charge in [-0.3, -0.25) is 0 Å². The first-order chi connectivity index (χ1) is 18.6. The van der Waals surface area contributed by atoms with E-state index in [4.69, 9.17) is 30.8 Å². The van der Waals surface area contributed by atoms with Crippen molar-refractivity contribution in [2.45, 2.75) is 18.8 Å². The molecule has 5 nitrogen and oxygen atoms in total. The number of methoxy groups -OCH3 is 3. The molecule has 39 heavy (non-hydrogen) atoms. The smallest absolute Gasteiger partial charge is 0.165 e. The van der Waals surface area contributed by atoms with Crippen LogP contribution in [-0.4, -0.2) is 31.4 Å². The van der Waals surface area contributed by atoms with Crippen LogP contribution in [0, 0.1) is 0 Å². The first-order valence-electron chi connectivity index (χ1n) is 12.2. The lowest BCUT2D eigenvalue weighted by Gasteiger charge is -2.27. The molecule has 4 rings (SSSR count). The van der Waals surface area contributed by atoms with Gasteiger partial charge in [0.15, 0.2) is 5.17 Å². The van der Waals surface area contributed by atoms with E-state index in [1.54, 1.807) is 33.1 Å². The maximum absolute atomic E-state index is 6.36. The number of halogens is 2. The summed E-state index contributed by atoms with van der Waals surface area (Å²) in [5.74, 6) is 3.09. The van der Waals surface area contributed by atoms with Gasteiger partial charge in [0.2, 0.25) is 0 Å². The molecule has 0 N–H and O–H groups in total. The highest BCUT2D eigenvalue weighted by Crippen LogP contribution is 2.33. The fourth-order valence-corrected chi connectivity index (χ4v) is 4.99. The standard InChI is InChI=1S/C31H31ClN2O3S.BrH/c1-35-27-14-9-23(10-15-27)20-34(21-24-11-16-28(36-2)17-12-24)31(38-22-25-7-5-4-6-8-25)33-29-19-26(32)13-18-30(29)37-3;/h4-19H,20-22H2,1-3H3;1H. The van der Waals surface area contributed by atoms with Gasteiger partial charge in [-0.15, -0.1) is 17.0 Å². The minimum absolute atomic E-state index is 0. The Hall–Kier alpha value is -3.13. The van der Waals surface area contributed by atoms with Gasteiger partial charge in [0.25, 0.3) is 0 Å². The number of ether oxygens (including phenoxy) is 3. The molecule has 0 heterocycles. The zero-order valence-electron chi connectivity index (χ0n) is 22.2. The van der Waals surface area contributed by atoms with Crippen molar-refractivity contribution < 1.29 is 14.2 Å². The van der Waals surface area contributed by atoms with Crippen molar-refractivity contribution in [2.75, 3.05) is 21.3 Å². The molecule has 204 valence electrons. The van der Waals surface area contributed by atoms with Gasteiger partial charge in [0.05, 0.1) is 21.3 Å². The monoisotopic (exact) mass is 626 g/mol. The zero-order chi connectivity index (χ0) is 26.7. The van der Waals surface area contributed by atoms with Gasteiger partial charge in [-0.1, -0.05) is 78.0 Å². The Bertz CT molecular complexity index is 1290. The third-order valence-corrected chi connectivity index (χ3v) is 7.22. The van der Waals surface area contributed by atoms with Gasteiger partial charge < -0.3 is 19.1 Å². The van der Waals surface area contributed by atoms with E-state index >= 15 is 0 Å². The predicted octanol–water partition coefficient (Wildman–Crippen LogP) is 8.57. The lowest BCUT2D eigenvalue weighted by Crippen LogP contribution is -2.28. The first-order valence-corrected chi connectivity index (χ1v) is 13.5. The molecular weight excluding hydrogens is 596 g/mol. The third kappa shape index (κ3) is 8.95. The Morgan fingerprint density at radius 2 is 1.28 bits per heavy atom. The summed E-state index contributed by atoms with van der Waals surface area (Å²) in [6.45, 7) is 1.30. The molecule has 0 aliphatic carbocycles. The summed E-state index contributed by atoms with van der Waals surface area (Å²) in [6, 6.07) is 32.1. The summed E-state index contributed by atoms with van der Waals surface area (Å²) < 4.78 is 16.3. The Morgan fingerprint density at radius 3 is 1.79 bits per heavy atom. The van der Waals surface area contributed by atoms with E-state index in [9.17, 15) is 0 Å². The Morgan fingerprint density at radius 1 is 0.718 bits per heavy atom. The van der Waals surface area contributed by atoms with Crippen molar-refractivity contribution in [2.24, 2.45) is 4.99 Å². The average Bonchev–Trinajstić information content (AvgIpc) is 2.96. The van der Waals surface area contributed by atoms with Crippen LogP contribution in [0.4, 0.5) is 5.69 Å². The molecule has 0 saturated carbocycles. The van der Waals surface area contributed by atoms with Gasteiger partial charge in [-0.2, -0.15) is 0 Å². The van der Waals surface area contributed by atoms with E-state index in [0.717, 1.165) is 33.5 Å². The van der Waals surface area contributed by atoms with Crippen molar-refractivity contribution in [1.29, 1.82) is 0 Å². The molecule has 0 aliphatic rings. The average molecular weight is 628 g/mol. The summed E-state index contributed by atoms with van der Waals surface area (Å²) in [5, 5.41) is 1.47. The minimum Gasteiger partial charge on any atom is -0.497 e. The lowest BCUT2D eigenvalue weighted by atomic mass is 10.1. The van der Waals surface area contributed by atoms with Crippen molar-refractivity contribution in [1.82, 2.24) is 4.90 Å². The topological polar surface area (TPSA) is 43.3 Å². The van der Waals surface area contributed by atoms with Gasteiger partial charge in [0, 0.05) is 23.9 Å². The molecule has 4 aromatic carbocycles. The summed E-state index contributed by atoms with van der Waals surface area (Å²) >= 11 is 8.04. The van der Waals surface area contributed by atoms with Crippen molar-refractivity contribution >= 4 is 51.2 Å². The second kappa shape index (κ2) is 15.5. The number of aliphatic imine (C=N–C) groups is 1. The van der Waals surface area contributed by atoms with Gasteiger partial charge in [-0.05, 0) is 59.2 Å².